The first-order valence-corrected chi connectivity index (χ1v) is 9.37. The summed E-state index contributed by atoms with van der Waals surface area (Å²) in [6.07, 6.45) is 0. The maximum absolute atomic E-state index is 6.65. The molecule has 0 bridgehead atoms. The third-order valence-electron chi connectivity index (χ3n) is 3.94. The predicted molar refractivity (Wildman–Crippen MR) is 97.3 cm³/mol. The highest BCUT2D eigenvalue weighted by Crippen LogP contribution is 2.31. The van der Waals surface area contributed by atoms with Crippen molar-refractivity contribution in [3.05, 3.63) is 0 Å². The molecular weight excluding hydrogens is 308 g/mol. The van der Waals surface area contributed by atoms with E-state index in [-0.39, 0.29) is 0 Å². The van der Waals surface area contributed by atoms with Crippen LogP contribution in [0, 0.1) is 0 Å². The Morgan fingerprint density at radius 1 is 0.583 bits per heavy atom. The molecule has 0 aromatic rings. The normalized spacial score (nSPS) is 21.8. The average molecular weight is 347 g/mol. The summed E-state index contributed by atoms with van der Waals surface area (Å²) in [6, 6.07) is 0. The molecule has 0 saturated carbocycles. The molecule has 0 unspecified atom stereocenters. The van der Waals surface area contributed by atoms with Crippen LogP contribution in [0.5, 0.6) is 0 Å². The van der Waals surface area contributed by atoms with Crippen LogP contribution in [0.4, 0.5) is 0 Å². The Hall–Kier alpha value is -0.320. The van der Waals surface area contributed by atoms with Crippen LogP contribution in [0.2, 0.25) is 0 Å². The van der Waals surface area contributed by atoms with E-state index < -0.39 is 17.5 Å². The predicted octanol–water partition coefficient (Wildman–Crippen LogP) is -0.348. The zero-order valence-electron chi connectivity index (χ0n) is 16.3. The third kappa shape index (κ3) is 4.44. The summed E-state index contributed by atoms with van der Waals surface area (Å²) in [6.45, 7) is 17.2. The van der Waals surface area contributed by atoms with Crippen LogP contribution >= 0.6 is 0 Å². The Labute approximate surface area is 147 Å². The van der Waals surface area contributed by atoms with E-state index in [0.717, 1.165) is 39.3 Å². The van der Waals surface area contributed by atoms with Crippen LogP contribution in [-0.2, 0) is 9.47 Å². The van der Waals surface area contributed by atoms with Gasteiger partial charge in [0.25, 0.3) is 0 Å². The average Bonchev–Trinajstić information content (AvgIpc) is 2.53. The van der Waals surface area contributed by atoms with Gasteiger partial charge >= 0.3 is 0 Å². The minimum absolute atomic E-state index is 0.368. The van der Waals surface area contributed by atoms with Crippen LogP contribution in [0.25, 0.3) is 0 Å². The number of ether oxygens (including phenoxy) is 2. The molecule has 1 saturated heterocycles. The van der Waals surface area contributed by atoms with Gasteiger partial charge in [-0.15, -0.1) is 0 Å². The molecule has 0 aliphatic carbocycles. The molecule has 144 valence electrons. The van der Waals surface area contributed by atoms with Crippen molar-refractivity contribution >= 4 is 0 Å². The maximum atomic E-state index is 6.65. The van der Waals surface area contributed by atoms with Crippen molar-refractivity contribution in [1.29, 1.82) is 0 Å². The minimum Gasteiger partial charge on any atom is -0.336 e. The Morgan fingerprint density at radius 3 is 1.33 bits per heavy atom. The molecule has 8 heteroatoms. The van der Waals surface area contributed by atoms with E-state index in [0.29, 0.717) is 6.61 Å². The van der Waals surface area contributed by atoms with E-state index >= 15 is 0 Å². The van der Waals surface area contributed by atoms with Crippen molar-refractivity contribution in [3.63, 3.8) is 0 Å². The SMILES string of the molecule is CCNC1(NCC)COC(NCC)(NCC)C(NCC)(NCC)O1. The second-order valence-electron chi connectivity index (χ2n) is 5.76. The van der Waals surface area contributed by atoms with Crippen molar-refractivity contribution < 1.29 is 9.47 Å². The Morgan fingerprint density at radius 2 is 0.958 bits per heavy atom. The lowest BCUT2D eigenvalue weighted by Crippen LogP contribution is -2.89. The van der Waals surface area contributed by atoms with E-state index in [1.165, 1.54) is 0 Å². The van der Waals surface area contributed by atoms with Crippen LogP contribution in [0.15, 0.2) is 0 Å². The molecule has 1 aliphatic heterocycles. The maximum Gasteiger partial charge on any atom is 0.237 e. The van der Waals surface area contributed by atoms with E-state index in [1.54, 1.807) is 0 Å². The molecule has 0 radical (unpaired) electrons. The van der Waals surface area contributed by atoms with E-state index in [2.05, 4.69) is 73.4 Å². The zero-order chi connectivity index (χ0) is 18.1. The molecule has 0 aromatic heterocycles. The lowest BCUT2D eigenvalue weighted by molar-refractivity contribution is -0.378. The van der Waals surface area contributed by atoms with E-state index in [4.69, 9.17) is 9.47 Å². The largest absolute Gasteiger partial charge is 0.336 e. The zero-order valence-corrected chi connectivity index (χ0v) is 16.3. The summed E-state index contributed by atoms with van der Waals surface area (Å²) < 4.78 is 13.0. The Bertz CT molecular complexity index is 337. The van der Waals surface area contributed by atoms with Crippen molar-refractivity contribution in [2.24, 2.45) is 0 Å². The van der Waals surface area contributed by atoms with Crippen LogP contribution in [-0.4, -0.2) is 63.4 Å². The van der Waals surface area contributed by atoms with Crippen molar-refractivity contribution in [3.8, 4) is 0 Å². The molecule has 1 rings (SSSR count). The highest BCUT2D eigenvalue weighted by Gasteiger charge is 2.61. The summed E-state index contributed by atoms with van der Waals surface area (Å²) in [5.41, 5.74) is 0. The summed E-state index contributed by atoms with van der Waals surface area (Å²) >= 11 is 0. The molecular formula is C16H38N6O2. The Kier molecular flexibility index (Phi) is 9.03. The monoisotopic (exact) mass is 346 g/mol. The summed E-state index contributed by atoms with van der Waals surface area (Å²) in [7, 11) is 0. The second kappa shape index (κ2) is 9.98. The molecule has 1 aliphatic rings. The van der Waals surface area contributed by atoms with E-state index in [1.807, 2.05) is 0 Å². The molecule has 0 amide bonds. The van der Waals surface area contributed by atoms with Gasteiger partial charge in [0.2, 0.25) is 17.5 Å². The van der Waals surface area contributed by atoms with Crippen molar-refractivity contribution in [2.45, 2.75) is 59.1 Å². The standard InChI is InChI=1S/C16H38N6O2/c1-7-17-14(18-8-2)13-23-15(19-9-3,20-10-4)16(24-14,21-11-5)22-12-6/h17-22H,7-13H2,1-6H3. The van der Waals surface area contributed by atoms with Gasteiger partial charge in [-0.25, -0.2) is 0 Å². The fraction of sp³-hybridized carbons (Fsp3) is 1.00. The first-order chi connectivity index (χ1) is 11.5. The van der Waals surface area contributed by atoms with Gasteiger partial charge in [0.1, 0.15) is 6.61 Å². The highest BCUT2D eigenvalue weighted by atomic mass is 16.7. The summed E-state index contributed by atoms with van der Waals surface area (Å²) in [4.78, 5) is 0. The van der Waals surface area contributed by atoms with Gasteiger partial charge < -0.3 is 9.47 Å². The number of hydrogen-bond acceptors (Lipinski definition) is 8. The number of hydrogen-bond donors (Lipinski definition) is 6. The molecule has 1 heterocycles. The minimum atomic E-state index is -0.939. The van der Waals surface area contributed by atoms with Gasteiger partial charge in [0, 0.05) is 0 Å². The summed E-state index contributed by atoms with van der Waals surface area (Å²) in [5.74, 6) is -2.58. The van der Waals surface area contributed by atoms with Gasteiger partial charge in [0.15, 0.2) is 0 Å². The topological polar surface area (TPSA) is 90.6 Å². The first-order valence-electron chi connectivity index (χ1n) is 9.37. The van der Waals surface area contributed by atoms with Gasteiger partial charge in [0.05, 0.1) is 0 Å². The smallest absolute Gasteiger partial charge is 0.237 e. The van der Waals surface area contributed by atoms with Gasteiger partial charge in [-0.05, 0) is 39.3 Å². The Balaban J connectivity index is 3.30. The van der Waals surface area contributed by atoms with Crippen LogP contribution in [0.1, 0.15) is 41.5 Å². The fourth-order valence-corrected chi connectivity index (χ4v) is 3.27. The van der Waals surface area contributed by atoms with Crippen LogP contribution in [0.3, 0.4) is 0 Å². The second-order valence-corrected chi connectivity index (χ2v) is 5.76. The lowest BCUT2D eigenvalue weighted by atomic mass is 10.1. The molecule has 1 fully saturated rings. The first kappa shape index (κ1) is 21.7. The molecule has 8 nitrogen and oxygen atoms in total. The van der Waals surface area contributed by atoms with Crippen LogP contribution < -0.4 is 31.9 Å². The fourth-order valence-electron chi connectivity index (χ4n) is 3.27. The number of rotatable bonds is 12. The molecule has 24 heavy (non-hydrogen) atoms. The lowest BCUT2D eigenvalue weighted by Gasteiger charge is -2.58. The molecule has 6 N–H and O–H groups in total. The third-order valence-corrected chi connectivity index (χ3v) is 3.94. The van der Waals surface area contributed by atoms with Crippen molar-refractivity contribution in [2.75, 3.05) is 45.9 Å². The summed E-state index contributed by atoms with van der Waals surface area (Å²) in [5, 5.41) is 20.6. The number of likely N-dealkylation sites (N-methyl/N-ethyl adjacent to an activating group) is 6. The van der Waals surface area contributed by atoms with E-state index in [9.17, 15) is 0 Å². The number of nitrogens with one attached hydrogen (secondary N) is 6. The molecule has 0 atom stereocenters. The highest BCUT2D eigenvalue weighted by molar-refractivity contribution is 5.01. The van der Waals surface area contributed by atoms with Gasteiger partial charge in [-0.3, -0.25) is 31.9 Å². The van der Waals surface area contributed by atoms with Gasteiger partial charge in [-0.1, -0.05) is 41.5 Å². The van der Waals surface area contributed by atoms with Gasteiger partial charge in [-0.2, -0.15) is 0 Å². The molecule has 0 aromatic carbocycles. The quantitative estimate of drug-likeness (QED) is 0.267. The molecule has 0 spiro atoms. The van der Waals surface area contributed by atoms with Crippen molar-refractivity contribution in [1.82, 2.24) is 31.9 Å².